The number of aryl methyl sites for hydroxylation is 4. The summed E-state index contributed by atoms with van der Waals surface area (Å²) in [7, 11) is 0. The lowest BCUT2D eigenvalue weighted by molar-refractivity contribution is -0.122. The van der Waals surface area contributed by atoms with Crippen molar-refractivity contribution in [2.24, 2.45) is 0 Å². The molecule has 0 saturated carbocycles. The zero-order chi connectivity index (χ0) is 17.1. The topological polar surface area (TPSA) is 51.2 Å². The first kappa shape index (κ1) is 17.5. The van der Waals surface area contributed by atoms with Gasteiger partial charge in [0.1, 0.15) is 5.75 Å². The Balaban J connectivity index is 2.11. The summed E-state index contributed by atoms with van der Waals surface area (Å²) in [6.07, 6.45) is -0.617. The molecule has 0 bridgehead atoms. The molecule has 0 radical (unpaired) electrons. The zero-order valence-corrected chi connectivity index (χ0v) is 15.6. The van der Waals surface area contributed by atoms with E-state index in [9.17, 15) is 4.79 Å². The Morgan fingerprint density at radius 3 is 2.52 bits per heavy atom. The van der Waals surface area contributed by atoms with Crippen molar-refractivity contribution in [3.63, 3.8) is 0 Å². The lowest BCUT2D eigenvalue weighted by atomic mass is 10.1. The van der Waals surface area contributed by atoms with Crippen LogP contribution in [0.15, 0.2) is 28.7 Å². The fourth-order valence-corrected chi connectivity index (χ4v) is 2.97. The van der Waals surface area contributed by atoms with Gasteiger partial charge in [-0.1, -0.05) is 6.07 Å². The molecular weight excluding hydrogens is 356 g/mol. The number of amides is 1. The van der Waals surface area contributed by atoms with Crippen LogP contribution in [0.1, 0.15) is 29.4 Å². The first-order chi connectivity index (χ1) is 10.8. The van der Waals surface area contributed by atoms with Gasteiger partial charge in [0.05, 0.1) is 15.9 Å². The minimum atomic E-state index is -0.617. The number of anilines is 1. The smallest absolute Gasteiger partial charge is 0.265 e. The van der Waals surface area contributed by atoms with Crippen LogP contribution < -0.4 is 10.1 Å². The van der Waals surface area contributed by atoms with Crippen molar-refractivity contribution in [3.8, 4) is 5.75 Å². The van der Waals surface area contributed by atoms with Crippen molar-refractivity contribution < 1.29 is 9.53 Å². The van der Waals surface area contributed by atoms with Crippen LogP contribution in [0.4, 0.5) is 5.69 Å². The first-order valence-corrected chi connectivity index (χ1v) is 8.25. The average molecular weight is 377 g/mol. The zero-order valence-electron chi connectivity index (χ0n) is 14.0. The van der Waals surface area contributed by atoms with E-state index in [-0.39, 0.29) is 5.91 Å². The highest BCUT2D eigenvalue weighted by Crippen LogP contribution is 2.27. The van der Waals surface area contributed by atoms with Crippen LogP contribution >= 0.6 is 15.9 Å². The maximum absolute atomic E-state index is 12.4. The van der Waals surface area contributed by atoms with E-state index in [0.29, 0.717) is 5.75 Å². The lowest BCUT2D eigenvalue weighted by Crippen LogP contribution is -2.31. The molecule has 1 unspecified atom stereocenters. The fraction of sp³-hybridized carbons (Fsp3) is 0.333. The summed E-state index contributed by atoms with van der Waals surface area (Å²) in [6, 6.07) is 7.71. The Kier molecular flexibility index (Phi) is 5.42. The summed E-state index contributed by atoms with van der Waals surface area (Å²) in [5.74, 6) is 0.447. The third-order valence-electron chi connectivity index (χ3n) is 3.53. The summed E-state index contributed by atoms with van der Waals surface area (Å²) in [6.45, 7) is 9.51. The maximum atomic E-state index is 12.4. The van der Waals surface area contributed by atoms with Crippen LogP contribution in [0.2, 0.25) is 0 Å². The van der Waals surface area contributed by atoms with E-state index in [1.54, 1.807) is 6.92 Å². The second-order valence-electron chi connectivity index (χ2n) is 5.72. The van der Waals surface area contributed by atoms with Crippen LogP contribution in [-0.2, 0) is 4.79 Å². The molecule has 0 aliphatic heterocycles. The van der Waals surface area contributed by atoms with Gasteiger partial charge in [-0.3, -0.25) is 9.78 Å². The van der Waals surface area contributed by atoms with E-state index < -0.39 is 6.10 Å². The molecule has 1 N–H and O–H groups in total. The maximum Gasteiger partial charge on any atom is 0.265 e. The molecule has 0 saturated heterocycles. The number of halogens is 1. The number of nitrogens with one attached hydrogen (secondary N) is 1. The molecule has 1 amide bonds. The van der Waals surface area contributed by atoms with Crippen molar-refractivity contribution in [2.75, 3.05) is 5.32 Å². The predicted molar refractivity (Wildman–Crippen MR) is 96.0 cm³/mol. The molecule has 23 heavy (non-hydrogen) atoms. The lowest BCUT2D eigenvalue weighted by Gasteiger charge is -2.18. The molecule has 0 aliphatic carbocycles. The van der Waals surface area contributed by atoms with E-state index in [2.05, 4.69) is 26.2 Å². The Morgan fingerprint density at radius 2 is 1.91 bits per heavy atom. The van der Waals surface area contributed by atoms with Gasteiger partial charge in [0.2, 0.25) is 0 Å². The molecule has 122 valence electrons. The highest BCUT2D eigenvalue weighted by molar-refractivity contribution is 9.10. The predicted octanol–water partition coefficient (Wildman–Crippen LogP) is 4.48. The molecule has 1 heterocycles. The second-order valence-corrected chi connectivity index (χ2v) is 6.58. The number of carbonyl (C=O) groups is 1. The Bertz CT molecular complexity index is 721. The monoisotopic (exact) mass is 376 g/mol. The standard InChI is InChI=1S/C18H21BrN2O2/c1-10-6-7-16(15(19)8-10)23-14(5)18(22)21-17-11(2)9-12(3)20-13(17)4/h6-9,14H,1-5H3,(H,21,22). The number of carbonyl (C=O) groups excluding carboxylic acids is 1. The first-order valence-electron chi connectivity index (χ1n) is 7.46. The Labute approximate surface area is 145 Å². The van der Waals surface area contributed by atoms with Gasteiger partial charge >= 0.3 is 0 Å². The summed E-state index contributed by atoms with van der Waals surface area (Å²) in [5.41, 5.74) is 4.61. The van der Waals surface area contributed by atoms with Gasteiger partial charge in [0.25, 0.3) is 5.91 Å². The third kappa shape index (κ3) is 4.32. The van der Waals surface area contributed by atoms with Crippen molar-refractivity contribution >= 4 is 27.5 Å². The molecule has 1 aromatic heterocycles. The molecule has 0 spiro atoms. The number of ether oxygens (including phenoxy) is 1. The van der Waals surface area contributed by atoms with Gasteiger partial charge in [0.15, 0.2) is 6.10 Å². The number of benzene rings is 1. The van der Waals surface area contributed by atoms with E-state index in [4.69, 9.17) is 4.74 Å². The van der Waals surface area contributed by atoms with Crippen molar-refractivity contribution in [1.29, 1.82) is 0 Å². The molecule has 1 atom stereocenters. The Morgan fingerprint density at radius 1 is 1.22 bits per heavy atom. The van der Waals surface area contributed by atoms with Crippen molar-refractivity contribution in [2.45, 2.75) is 40.7 Å². The van der Waals surface area contributed by atoms with Gasteiger partial charge in [-0.2, -0.15) is 0 Å². The number of aromatic nitrogens is 1. The second kappa shape index (κ2) is 7.13. The van der Waals surface area contributed by atoms with Crippen LogP contribution in [0.25, 0.3) is 0 Å². The fourth-order valence-electron chi connectivity index (χ4n) is 2.38. The highest BCUT2D eigenvalue weighted by atomic mass is 79.9. The number of pyridine rings is 1. The molecule has 4 nitrogen and oxygen atoms in total. The third-order valence-corrected chi connectivity index (χ3v) is 4.15. The van der Waals surface area contributed by atoms with Gasteiger partial charge in [0, 0.05) is 5.69 Å². The largest absolute Gasteiger partial charge is 0.480 e. The van der Waals surface area contributed by atoms with Crippen LogP contribution in [0.3, 0.4) is 0 Å². The van der Waals surface area contributed by atoms with E-state index in [1.807, 2.05) is 52.0 Å². The Hall–Kier alpha value is -1.88. The van der Waals surface area contributed by atoms with Gasteiger partial charge < -0.3 is 10.1 Å². The average Bonchev–Trinajstić information content (AvgIpc) is 2.45. The molecule has 5 heteroatoms. The quantitative estimate of drug-likeness (QED) is 0.855. The van der Waals surface area contributed by atoms with Crippen molar-refractivity contribution in [3.05, 3.63) is 51.3 Å². The highest BCUT2D eigenvalue weighted by Gasteiger charge is 2.18. The molecule has 2 aromatic rings. The van der Waals surface area contributed by atoms with Crippen LogP contribution in [0.5, 0.6) is 5.75 Å². The minimum absolute atomic E-state index is 0.200. The number of nitrogens with zero attached hydrogens (tertiary/aromatic N) is 1. The SMILES string of the molecule is Cc1ccc(OC(C)C(=O)Nc2c(C)cc(C)nc2C)c(Br)c1. The van der Waals surface area contributed by atoms with Crippen LogP contribution in [-0.4, -0.2) is 17.0 Å². The van der Waals surface area contributed by atoms with E-state index in [0.717, 1.165) is 32.7 Å². The summed E-state index contributed by atoms with van der Waals surface area (Å²) in [5, 5.41) is 2.91. The minimum Gasteiger partial charge on any atom is -0.480 e. The molecule has 0 fully saturated rings. The van der Waals surface area contributed by atoms with E-state index >= 15 is 0 Å². The van der Waals surface area contributed by atoms with Crippen LogP contribution in [0, 0.1) is 27.7 Å². The molecule has 1 aromatic carbocycles. The molecule has 0 aliphatic rings. The normalized spacial score (nSPS) is 11.9. The van der Waals surface area contributed by atoms with Crippen molar-refractivity contribution in [1.82, 2.24) is 4.98 Å². The molecular formula is C18H21BrN2O2. The summed E-state index contributed by atoms with van der Waals surface area (Å²) < 4.78 is 6.59. The molecule has 2 rings (SSSR count). The van der Waals surface area contributed by atoms with Gasteiger partial charge in [-0.05, 0) is 79.9 Å². The summed E-state index contributed by atoms with van der Waals surface area (Å²) >= 11 is 3.46. The van der Waals surface area contributed by atoms with E-state index in [1.165, 1.54) is 0 Å². The van der Waals surface area contributed by atoms with Gasteiger partial charge in [-0.25, -0.2) is 0 Å². The number of hydrogen-bond donors (Lipinski definition) is 1. The van der Waals surface area contributed by atoms with Gasteiger partial charge in [-0.15, -0.1) is 0 Å². The number of hydrogen-bond acceptors (Lipinski definition) is 3. The summed E-state index contributed by atoms with van der Waals surface area (Å²) in [4.78, 5) is 16.8. The number of rotatable bonds is 4.